The number of carbonyl (C=O) groups is 1. The second-order valence-electron chi connectivity index (χ2n) is 7.50. The van der Waals surface area contributed by atoms with E-state index in [2.05, 4.69) is 11.9 Å². The first kappa shape index (κ1) is 20.6. The maximum Gasteiger partial charge on any atom is 0.240 e. The van der Waals surface area contributed by atoms with Crippen LogP contribution in [0.1, 0.15) is 50.9 Å². The minimum Gasteiger partial charge on any atom is -0.339 e. The van der Waals surface area contributed by atoms with Crippen LogP contribution in [0.5, 0.6) is 0 Å². The SMILES string of the molecule is CCC1CCCCN1C(=O)C(C)S(=O)(=O)Cc1nccn1Cc1ccccc1. The number of carbonyl (C=O) groups excluding carboxylic acids is 1. The Bertz CT molecular complexity index is 893. The third kappa shape index (κ3) is 4.63. The van der Waals surface area contributed by atoms with Crippen molar-refractivity contribution in [3.63, 3.8) is 0 Å². The van der Waals surface area contributed by atoms with E-state index in [0.29, 0.717) is 18.9 Å². The van der Waals surface area contributed by atoms with E-state index in [4.69, 9.17) is 0 Å². The molecule has 0 N–H and O–H groups in total. The Morgan fingerprint density at radius 1 is 1.25 bits per heavy atom. The van der Waals surface area contributed by atoms with E-state index in [1.807, 2.05) is 34.9 Å². The van der Waals surface area contributed by atoms with Crippen molar-refractivity contribution in [3.8, 4) is 0 Å². The third-order valence-electron chi connectivity index (χ3n) is 5.60. The summed E-state index contributed by atoms with van der Waals surface area (Å²) in [6, 6.07) is 9.98. The highest BCUT2D eigenvalue weighted by Gasteiger charge is 2.36. The minimum atomic E-state index is -3.65. The van der Waals surface area contributed by atoms with Gasteiger partial charge in [0.15, 0.2) is 9.84 Å². The molecular formula is C21H29N3O3S. The summed E-state index contributed by atoms with van der Waals surface area (Å²) in [5.41, 5.74) is 1.07. The molecule has 2 unspecified atom stereocenters. The zero-order valence-electron chi connectivity index (χ0n) is 16.6. The first-order valence-electron chi connectivity index (χ1n) is 9.98. The van der Waals surface area contributed by atoms with Crippen molar-refractivity contribution in [3.05, 3.63) is 54.1 Å². The lowest BCUT2D eigenvalue weighted by Crippen LogP contribution is -2.49. The van der Waals surface area contributed by atoms with E-state index >= 15 is 0 Å². The summed E-state index contributed by atoms with van der Waals surface area (Å²) in [4.78, 5) is 19.0. The molecule has 1 aliphatic heterocycles. The van der Waals surface area contributed by atoms with Crippen LogP contribution in [0.15, 0.2) is 42.7 Å². The lowest BCUT2D eigenvalue weighted by Gasteiger charge is -2.36. The smallest absolute Gasteiger partial charge is 0.240 e. The molecular weight excluding hydrogens is 374 g/mol. The predicted octanol–water partition coefficient (Wildman–Crippen LogP) is 3.03. The number of hydrogen-bond acceptors (Lipinski definition) is 4. The summed E-state index contributed by atoms with van der Waals surface area (Å²) < 4.78 is 27.8. The fraction of sp³-hybridized carbons (Fsp3) is 0.524. The molecule has 28 heavy (non-hydrogen) atoms. The van der Waals surface area contributed by atoms with Gasteiger partial charge in [0.05, 0.1) is 0 Å². The van der Waals surface area contributed by atoms with Gasteiger partial charge >= 0.3 is 0 Å². The highest BCUT2D eigenvalue weighted by atomic mass is 32.2. The largest absolute Gasteiger partial charge is 0.339 e. The first-order chi connectivity index (χ1) is 13.4. The summed E-state index contributed by atoms with van der Waals surface area (Å²) >= 11 is 0. The van der Waals surface area contributed by atoms with Crippen LogP contribution in [0.3, 0.4) is 0 Å². The Balaban J connectivity index is 1.73. The molecule has 0 spiro atoms. The van der Waals surface area contributed by atoms with Gasteiger partial charge in [-0.15, -0.1) is 0 Å². The van der Waals surface area contributed by atoms with Gasteiger partial charge in [0.1, 0.15) is 16.8 Å². The maximum absolute atomic E-state index is 13.0. The van der Waals surface area contributed by atoms with Gasteiger partial charge in [-0.2, -0.15) is 0 Å². The summed E-state index contributed by atoms with van der Waals surface area (Å²) in [6.07, 6.45) is 7.24. The molecule has 0 bridgehead atoms. The third-order valence-corrected chi connectivity index (χ3v) is 7.54. The quantitative estimate of drug-likeness (QED) is 0.712. The van der Waals surface area contributed by atoms with E-state index in [-0.39, 0.29) is 17.7 Å². The minimum absolute atomic E-state index is 0.152. The van der Waals surface area contributed by atoms with Crippen molar-refractivity contribution in [2.75, 3.05) is 6.54 Å². The Hall–Kier alpha value is -2.15. The van der Waals surface area contributed by atoms with E-state index < -0.39 is 15.1 Å². The number of sulfone groups is 1. The van der Waals surface area contributed by atoms with Crippen LogP contribution in [-0.2, 0) is 26.9 Å². The number of piperidine rings is 1. The fourth-order valence-electron chi connectivity index (χ4n) is 3.81. The number of benzene rings is 1. The predicted molar refractivity (Wildman–Crippen MR) is 109 cm³/mol. The van der Waals surface area contributed by atoms with E-state index in [0.717, 1.165) is 31.2 Å². The van der Waals surface area contributed by atoms with Gasteiger partial charge in [0.2, 0.25) is 5.91 Å². The topological polar surface area (TPSA) is 72.3 Å². The molecule has 1 amide bonds. The molecule has 152 valence electrons. The lowest BCUT2D eigenvalue weighted by atomic mass is 10.00. The van der Waals surface area contributed by atoms with Crippen molar-refractivity contribution in [2.24, 2.45) is 0 Å². The Morgan fingerprint density at radius 2 is 2.00 bits per heavy atom. The molecule has 1 aliphatic rings. The molecule has 0 aliphatic carbocycles. The molecule has 6 nitrogen and oxygen atoms in total. The van der Waals surface area contributed by atoms with Crippen LogP contribution >= 0.6 is 0 Å². The molecule has 0 radical (unpaired) electrons. The summed E-state index contributed by atoms with van der Waals surface area (Å²) in [5, 5.41) is -1.05. The fourth-order valence-corrected chi connectivity index (χ4v) is 5.10. The van der Waals surface area contributed by atoms with Crippen molar-refractivity contribution in [2.45, 2.75) is 63.1 Å². The van der Waals surface area contributed by atoms with Gasteiger partial charge < -0.3 is 9.47 Å². The van der Waals surface area contributed by atoms with Crippen LogP contribution in [0, 0.1) is 0 Å². The molecule has 2 aromatic rings. The van der Waals surface area contributed by atoms with Crippen LogP contribution in [0.25, 0.3) is 0 Å². The Labute approximate surface area is 167 Å². The van der Waals surface area contributed by atoms with Gasteiger partial charge in [-0.25, -0.2) is 13.4 Å². The van der Waals surface area contributed by atoms with Crippen LogP contribution in [0.4, 0.5) is 0 Å². The lowest BCUT2D eigenvalue weighted by molar-refractivity contribution is -0.134. The summed E-state index contributed by atoms with van der Waals surface area (Å²) in [6.45, 7) is 4.77. The molecule has 2 atom stereocenters. The Kier molecular flexibility index (Phi) is 6.54. The van der Waals surface area contributed by atoms with Gasteiger partial charge in [-0.05, 0) is 38.2 Å². The van der Waals surface area contributed by atoms with E-state index in [1.165, 1.54) is 6.92 Å². The van der Waals surface area contributed by atoms with Crippen LogP contribution < -0.4 is 0 Å². The zero-order valence-corrected chi connectivity index (χ0v) is 17.4. The molecule has 1 aromatic heterocycles. The van der Waals surface area contributed by atoms with Gasteiger partial charge in [0, 0.05) is 31.5 Å². The van der Waals surface area contributed by atoms with Crippen molar-refractivity contribution in [1.82, 2.24) is 14.5 Å². The molecule has 1 fully saturated rings. The molecule has 1 aromatic carbocycles. The first-order valence-corrected chi connectivity index (χ1v) is 11.7. The second-order valence-corrected chi connectivity index (χ2v) is 9.82. The van der Waals surface area contributed by atoms with Crippen LogP contribution in [0.2, 0.25) is 0 Å². The normalized spacial score (nSPS) is 18.8. The summed E-state index contributed by atoms with van der Waals surface area (Å²) in [7, 11) is -3.65. The van der Waals surface area contributed by atoms with Gasteiger partial charge in [-0.3, -0.25) is 4.79 Å². The second kappa shape index (κ2) is 8.90. The highest BCUT2D eigenvalue weighted by molar-refractivity contribution is 7.92. The maximum atomic E-state index is 13.0. The molecule has 0 saturated carbocycles. The molecule has 1 saturated heterocycles. The highest BCUT2D eigenvalue weighted by Crippen LogP contribution is 2.23. The van der Waals surface area contributed by atoms with Crippen molar-refractivity contribution in [1.29, 1.82) is 0 Å². The molecule has 2 heterocycles. The van der Waals surface area contributed by atoms with E-state index in [9.17, 15) is 13.2 Å². The number of aromatic nitrogens is 2. The van der Waals surface area contributed by atoms with Crippen LogP contribution in [-0.4, -0.2) is 46.6 Å². The zero-order chi connectivity index (χ0) is 20.1. The van der Waals surface area contributed by atoms with E-state index in [1.54, 1.807) is 17.3 Å². The summed E-state index contributed by atoms with van der Waals surface area (Å²) in [5.74, 6) is -0.0356. The number of amides is 1. The van der Waals surface area contributed by atoms with Crippen molar-refractivity contribution < 1.29 is 13.2 Å². The van der Waals surface area contributed by atoms with Gasteiger partial charge in [-0.1, -0.05) is 37.3 Å². The molecule has 7 heteroatoms. The number of hydrogen-bond donors (Lipinski definition) is 0. The van der Waals surface area contributed by atoms with Gasteiger partial charge in [0.25, 0.3) is 0 Å². The number of rotatable bonds is 7. The number of likely N-dealkylation sites (tertiary alicyclic amines) is 1. The van der Waals surface area contributed by atoms with Crippen molar-refractivity contribution >= 4 is 15.7 Å². The number of nitrogens with zero attached hydrogens (tertiary/aromatic N) is 3. The average Bonchev–Trinajstić information content (AvgIpc) is 3.13. The molecule has 3 rings (SSSR count). The standard InChI is InChI=1S/C21H29N3O3S/c1-3-19-11-7-8-13-24(19)21(25)17(2)28(26,27)16-20-22-12-14-23(20)15-18-9-5-4-6-10-18/h4-6,9-10,12,14,17,19H,3,7-8,11,13,15-16H2,1-2H3. The number of imidazole rings is 1. The Morgan fingerprint density at radius 3 is 2.71 bits per heavy atom. The average molecular weight is 404 g/mol. The monoisotopic (exact) mass is 403 g/mol.